The molecule has 4 heteroatoms. The van der Waals surface area contributed by atoms with Crippen molar-refractivity contribution in [1.82, 2.24) is 0 Å². The van der Waals surface area contributed by atoms with Crippen LogP contribution in [0, 0.1) is 6.92 Å². The van der Waals surface area contributed by atoms with Crippen LogP contribution in [0.5, 0.6) is 11.5 Å². The van der Waals surface area contributed by atoms with E-state index in [0.717, 1.165) is 34.6 Å². The molecule has 1 aliphatic heterocycles. The molecular formula is C13H19NO3. The number of benzene rings is 1. The number of methoxy groups -OCH3 is 1. The van der Waals surface area contributed by atoms with Crippen LogP contribution in [-0.4, -0.2) is 25.4 Å². The van der Waals surface area contributed by atoms with Gasteiger partial charge >= 0.3 is 0 Å². The highest BCUT2D eigenvalue weighted by Crippen LogP contribution is 2.41. The molecule has 1 unspecified atom stereocenters. The van der Waals surface area contributed by atoms with Gasteiger partial charge in [-0.2, -0.15) is 0 Å². The molecule has 0 saturated carbocycles. The summed E-state index contributed by atoms with van der Waals surface area (Å²) in [6.45, 7) is 3.10. The third kappa shape index (κ3) is 2.10. The second-order valence-corrected chi connectivity index (χ2v) is 4.31. The highest BCUT2D eigenvalue weighted by atomic mass is 16.5. The quantitative estimate of drug-likeness (QED) is 0.829. The number of fused-ring (bicyclic) bond motifs is 1. The highest BCUT2D eigenvalue weighted by molar-refractivity contribution is 5.56. The molecule has 1 aromatic rings. The predicted molar refractivity (Wildman–Crippen MR) is 65.6 cm³/mol. The second-order valence-electron chi connectivity index (χ2n) is 4.31. The Morgan fingerprint density at radius 2 is 2.35 bits per heavy atom. The Balaban J connectivity index is 2.50. The summed E-state index contributed by atoms with van der Waals surface area (Å²) in [7, 11) is 1.63. The van der Waals surface area contributed by atoms with Crippen LogP contribution in [-0.2, 0) is 6.42 Å². The van der Waals surface area contributed by atoms with Crippen molar-refractivity contribution in [3.8, 4) is 11.5 Å². The van der Waals surface area contributed by atoms with Crippen molar-refractivity contribution in [3.63, 3.8) is 0 Å². The van der Waals surface area contributed by atoms with Gasteiger partial charge in [-0.05, 0) is 31.5 Å². The summed E-state index contributed by atoms with van der Waals surface area (Å²) in [6, 6.07) is 1.97. The SMILES string of the molecule is COc1c2c(cc(C)c1C(O)CCN)OCC2. The average molecular weight is 237 g/mol. The summed E-state index contributed by atoms with van der Waals surface area (Å²) in [5.41, 5.74) is 8.39. The van der Waals surface area contributed by atoms with Crippen molar-refractivity contribution >= 4 is 0 Å². The van der Waals surface area contributed by atoms with Crippen molar-refractivity contribution in [2.24, 2.45) is 5.73 Å². The predicted octanol–water partition coefficient (Wildman–Crippen LogP) is 1.32. The van der Waals surface area contributed by atoms with Gasteiger partial charge in [0.05, 0.1) is 19.8 Å². The first-order valence-electron chi connectivity index (χ1n) is 5.90. The summed E-state index contributed by atoms with van der Waals surface area (Å²) in [5, 5.41) is 10.1. The monoisotopic (exact) mass is 237 g/mol. The zero-order chi connectivity index (χ0) is 12.4. The van der Waals surface area contributed by atoms with E-state index in [-0.39, 0.29) is 0 Å². The van der Waals surface area contributed by atoms with Gasteiger partial charge in [-0.25, -0.2) is 0 Å². The van der Waals surface area contributed by atoms with Crippen molar-refractivity contribution in [1.29, 1.82) is 0 Å². The maximum atomic E-state index is 10.1. The van der Waals surface area contributed by atoms with Crippen LogP contribution >= 0.6 is 0 Å². The molecule has 1 aliphatic rings. The van der Waals surface area contributed by atoms with Gasteiger partial charge < -0.3 is 20.3 Å². The van der Waals surface area contributed by atoms with E-state index in [1.807, 2.05) is 13.0 Å². The van der Waals surface area contributed by atoms with E-state index in [0.29, 0.717) is 19.6 Å². The number of aliphatic hydroxyl groups excluding tert-OH is 1. The van der Waals surface area contributed by atoms with Crippen LogP contribution in [0.3, 0.4) is 0 Å². The molecule has 94 valence electrons. The van der Waals surface area contributed by atoms with Crippen LogP contribution in [0.15, 0.2) is 6.07 Å². The summed E-state index contributed by atoms with van der Waals surface area (Å²) in [4.78, 5) is 0. The maximum absolute atomic E-state index is 10.1. The zero-order valence-corrected chi connectivity index (χ0v) is 10.3. The first-order chi connectivity index (χ1) is 8.19. The fourth-order valence-corrected chi connectivity index (χ4v) is 2.39. The van der Waals surface area contributed by atoms with Crippen molar-refractivity contribution in [2.75, 3.05) is 20.3 Å². The van der Waals surface area contributed by atoms with Gasteiger partial charge in [-0.15, -0.1) is 0 Å². The highest BCUT2D eigenvalue weighted by Gasteiger charge is 2.25. The first kappa shape index (κ1) is 12.2. The minimum Gasteiger partial charge on any atom is -0.496 e. The van der Waals surface area contributed by atoms with Gasteiger partial charge in [-0.3, -0.25) is 0 Å². The Kier molecular flexibility index (Phi) is 3.54. The zero-order valence-electron chi connectivity index (χ0n) is 10.3. The van der Waals surface area contributed by atoms with E-state index < -0.39 is 6.10 Å². The Labute approximate surface area is 101 Å². The summed E-state index contributed by atoms with van der Waals surface area (Å²) in [6.07, 6.45) is 0.804. The lowest BCUT2D eigenvalue weighted by atomic mass is 9.95. The molecule has 0 aliphatic carbocycles. The minimum absolute atomic E-state index is 0.456. The molecule has 0 bridgehead atoms. The van der Waals surface area contributed by atoms with E-state index >= 15 is 0 Å². The Morgan fingerprint density at radius 3 is 3.00 bits per heavy atom. The number of hydrogen-bond donors (Lipinski definition) is 2. The second kappa shape index (κ2) is 4.94. The number of hydrogen-bond acceptors (Lipinski definition) is 4. The molecule has 0 spiro atoms. The van der Waals surface area contributed by atoms with Crippen LogP contribution in [0.25, 0.3) is 0 Å². The summed E-state index contributed by atoms with van der Waals surface area (Å²) < 4.78 is 11.0. The van der Waals surface area contributed by atoms with E-state index in [9.17, 15) is 5.11 Å². The third-order valence-electron chi connectivity index (χ3n) is 3.18. The van der Waals surface area contributed by atoms with Gasteiger partial charge in [0.2, 0.25) is 0 Å². The topological polar surface area (TPSA) is 64.7 Å². The minimum atomic E-state index is -0.569. The van der Waals surface area contributed by atoms with Crippen molar-refractivity contribution in [3.05, 3.63) is 22.8 Å². The van der Waals surface area contributed by atoms with Gasteiger partial charge in [0.25, 0.3) is 0 Å². The van der Waals surface area contributed by atoms with Gasteiger partial charge in [0, 0.05) is 17.5 Å². The van der Waals surface area contributed by atoms with Crippen molar-refractivity contribution < 1.29 is 14.6 Å². The smallest absolute Gasteiger partial charge is 0.131 e. The summed E-state index contributed by atoms with van der Waals surface area (Å²) >= 11 is 0. The molecule has 0 saturated heterocycles. The molecule has 2 rings (SSSR count). The number of aryl methyl sites for hydroxylation is 1. The van der Waals surface area contributed by atoms with Gasteiger partial charge in [-0.1, -0.05) is 0 Å². The van der Waals surface area contributed by atoms with Crippen LogP contribution in [0.2, 0.25) is 0 Å². The molecule has 4 nitrogen and oxygen atoms in total. The molecule has 0 aromatic heterocycles. The number of nitrogens with two attached hydrogens (primary N) is 1. The largest absolute Gasteiger partial charge is 0.496 e. The number of ether oxygens (including phenoxy) is 2. The van der Waals surface area contributed by atoms with E-state index in [1.165, 1.54) is 0 Å². The third-order valence-corrected chi connectivity index (χ3v) is 3.18. The standard InChI is InChI=1S/C13H19NO3/c1-8-7-11-9(4-6-17-11)13(16-2)12(8)10(15)3-5-14/h7,10,15H,3-6,14H2,1-2H3. The number of aliphatic hydroxyl groups is 1. The molecule has 0 radical (unpaired) electrons. The maximum Gasteiger partial charge on any atom is 0.131 e. The van der Waals surface area contributed by atoms with Crippen LogP contribution in [0.1, 0.15) is 29.2 Å². The lowest BCUT2D eigenvalue weighted by Gasteiger charge is -2.19. The molecule has 1 heterocycles. The number of rotatable bonds is 4. The van der Waals surface area contributed by atoms with Crippen molar-refractivity contribution in [2.45, 2.75) is 25.9 Å². The van der Waals surface area contributed by atoms with Gasteiger partial charge in [0.1, 0.15) is 11.5 Å². The van der Waals surface area contributed by atoms with Gasteiger partial charge in [0.15, 0.2) is 0 Å². The first-order valence-corrected chi connectivity index (χ1v) is 5.90. The van der Waals surface area contributed by atoms with E-state index in [4.69, 9.17) is 15.2 Å². The van der Waals surface area contributed by atoms with E-state index in [2.05, 4.69) is 0 Å². The summed E-state index contributed by atoms with van der Waals surface area (Å²) in [5.74, 6) is 1.64. The fraction of sp³-hybridized carbons (Fsp3) is 0.538. The fourth-order valence-electron chi connectivity index (χ4n) is 2.39. The molecule has 0 fully saturated rings. The Bertz CT molecular complexity index is 418. The molecule has 3 N–H and O–H groups in total. The lowest BCUT2D eigenvalue weighted by Crippen LogP contribution is -2.10. The average Bonchev–Trinajstić information content (AvgIpc) is 2.74. The Morgan fingerprint density at radius 1 is 1.59 bits per heavy atom. The van der Waals surface area contributed by atoms with E-state index in [1.54, 1.807) is 7.11 Å². The Hall–Kier alpha value is -1.26. The molecule has 0 amide bonds. The molecule has 1 atom stereocenters. The lowest BCUT2D eigenvalue weighted by molar-refractivity contribution is 0.165. The van der Waals surface area contributed by atoms with Crippen LogP contribution in [0.4, 0.5) is 0 Å². The van der Waals surface area contributed by atoms with Crippen LogP contribution < -0.4 is 15.2 Å². The molecule has 17 heavy (non-hydrogen) atoms. The molecular weight excluding hydrogens is 218 g/mol. The molecule has 1 aromatic carbocycles. The normalized spacial score (nSPS) is 15.3.